The molecule has 0 saturated carbocycles. The molecule has 1 heterocycles. The highest BCUT2D eigenvalue weighted by Gasteiger charge is 2.31. The molecule has 1 aromatic heterocycles. The van der Waals surface area contributed by atoms with E-state index in [9.17, 15) is 23.3 Å². The van der Waals surface area contributed by atoms with E-state index in [1.54, 1.807) is 24.3 Å². The van der Waals surface area contributed by atoms with Gasteiger partial charge < -0.3 is 5.32 Å². The number of benzene rings is 2. The molecule has 0 radical (unpaired) electrons. The van der Waals surface area contributed by atoms with Gasteiger partial charge in [0.1, 0.15) is 10.0 Å². The van der Waals surface area contributed by atoms with Gasteiger partial charge in [-0.25, -0.2) is 4.98 Å². The molecule has 0 amide bonds. The summed E-state index contributed by atoms with van der Waals surface area (Å²) in [7, 11) is 0. The first kappa shape index (κ1) is 23.3. The summed E-state index contributed by atoms with van der Waals surface area (Å²) >= 11 is 18.4. The fourth-order valence-electron chi connectivity index (χ4n) is 2.37. The summed E-state index contributed by atoms with van der Waals surface area (Å²) in [6.07, 6.45) is -3.79. The molecule has 0 unspecified atom stereocenters. The zero-order valence-corrected chi connectivity index (χ0v) is 18.3. The van der Waals surface area contributed by atoms with Gasteiger partial charge in [-0.2, -0.15) is 13.2 Å². The van der Waals surface area contributed by atoms with Crippen LogP contribution in [0.15, 0.2) is 64.6 Å². The van der Waals surface area contributed by atoms with Crippen molar-refractivity contribution in [2.45, 2.75) is 16.1 Å². The van der Waals surface area contributed by atoms with E-state index in [2.05, 4.69) is 10.3 Å². The summed E-state index contributed by atoms with van der Waals surface area (Å²) in [5.74, 6) is 0. The van der Waals surface area contributed by atoms with Crippen LogP contribution in [0.5, 0.6) is 0 Å². The standard InChI is InChI=1S/C19H10Cl2F3N3O2S2/c20-15-6-3-12(27(28)29)8-14(15)17(30)26-11-1-4-13(5-2-11)31-18-16(21)7-10(9-25-18)19(22,23)24/h1-9H,(H,26,30). The maximum atomic E-state index is 12.7. The first-order valence-corrected chi connectivity index (χ1v) is 10.3. The number of rotatable bonds is 5. The molecule has 0 fully saturated rings. The Morgan fingerprint density at radius 1 is 1.10 bits per heavy atom. The number of anilines is 1. The number of hydrogen-bond donors (Lipinski definition) is 1. The molecule has 31 heavy (non-hydrogen) atoms. The fourth-order valence-corrected chi connectivity index (χ4v) is 3.97. The van der Waals surface area contributed by atoms with Gasteiger partial charge in [0.25, 0.3) is 5.69 Å². The Morgan fingerprint density at radius 3 is 2.35 bits per heavy atom. The van der Waals surface area contributed by atoms with Crippen molar-refractivity contribution < 1.29 is 18.1 Å². The topological polar surface area (TPSA) is 68.1 Å². The number of halogens is 5. The van der Waals surface area contributed by atoms with Crippen LogP contribution in [0.2, 0.25) is 10.0 Å². The molecule has 12 heteroatoms. The van der Waals surface area contributed by atoms with E-state index in [1.807, 2.05) is 0 Å². The normalized spacial score (nSPS) is 11.3. The van der Waals surface area contributed by atoms with Crippen LogP contribution in [0.1, 0.15) is 11.1 Å². The van der Waals surface area contributed by atoms with Crippen LogP contribution >= 0.6 is 47.2 Å². The molecule has 3 rings (SSSR count). The van der Waals surface area contributed by atoms with Crippen LogP contribution in [0.25, 0.3) is 0 Å². The smallest absolute Gasteiger partial charge is 0.346 e. The van der Waals surface area contributed by atoms with E-state index >= 15 is 0 Å². The zero-order chi connectivity index (χ0) is 22.8. The molecule has 0 atom stereocenters. The Balaban J connectivity index is 1.72. The lowest BCUT2D eigenvalue weighted by atomic mass is 10.2. The predicted octanol–water partition coefficient (Wildman–Crippen LogP) is 7.25. The lowest BCUT2D eigenvalue weighted by Gasteiger charge is -2.11. The quantitative estimate of drug-likeness (QED) is 0.224. The largest absolute Gasteiger partial charge is 0.417 e. The molecule has 0 spiro atoms. The van der Waals surface area contributed by atoms with Gasteiger partial charge in [0.05, 0.1) is 20.5 Å². The first-order chi connectivity index (χ1) is 14.5. The van der Waals surface area contributed by atoms with Crippen molar-refractivity contribution in [3.8, 4) is 0 Å². The SMILES string of the molecule is O=[N+]([O-])c1ccc(Cl)c(C(=S)Nc2ccc(Sc3ncc(C(F)(F)F)cc3Cl)cc2)c1. The van der Waals surface area contributed by atoms with Crippen molar-refractivity contribution in [2.75, 3.05) is 5.32 Å². The lowest BCUT2D eigenvalue weighted by Crippen LogP contribution is -2.11. The van der Waals surface area contributed by atoms with Crippen molar-refractivity contribution in [1.82, 2.24) is 4.98 Å². The Labute approximate surface area is 193 Å². The Morgan fingerprint density at radius 2 is 1.77 bits per heavy atom. The van der Waals surface area contributed by atoms with Gasteiger partial charge >= 0.3 is 6.18 Å². The van der Waals surface area contributed by atoms with Gasteiger partial charge in [0, 0.05) is 34.5 Å². The molecular weight excluding hydrogens is 494 g/mol. The van der Waals surface area contributed by atoms with E-state index in [0.717, 1.165) is 24.0 Å². The molecule has 0 saturated heterocycles. The van der Waals surface area contributed by atoms with Crippen LogP contribution in [0.4, 0.5) is 24.5 Å². The first-order valence-electron chi connectivity index (χ1n) is 8.30. The molecule has 0 aliphatic carbocycles. The number of non-ortho nitro benzene ring substituents is 1. The number of nitrogens with one attached hydrogen (secondary N) is 1. The van der Waals surface area contributed by atoms with Crippen LogP contribution in [-0.2, 0) is 6.18 Å². The summed E-state index contributed by atoms with van der Waals surface area (Å²) in [6.45, 7) is 0. The van der Waals surface area contributed by atoms with Crippen molar-refractivity contribution in [2.24, 2.45) is 0 Å². The minimum Gasteiger partial charge on any atom is -0.346 e. The minimum absolute atomic E-state index is 0.108. The highest BCUT2D eigenvalue weighted by molar-refractivity contribution is 7.99. The molecule has 0 bridgehead atoms. The fraction of sp³-hybridized carbons (Fsp3) is 0.0526. The Hall–Kier alpha value is -2.40. The molecule has 5 nitrogen and oxygen atoms in total. The minimum atomic E-state index is -4.52. The van der Waals surface area contributed by atoms with E-state index in [-0.39, 0.29) is 25.7 Å². The Kier molecular flexibility index (Phi) is 7.05. The molecule has 0 aliphatic rings. The highest BCUT2D eigenvalue weighted by atomic mass is 35.5. The van der Waals surface area contributed by atoms with Crippen molar-refractivity contribution >= 4 is 63.5 Å². The number of alkyl halides is 3. The van der Waals surface area contributed by atoms with Crippen LogP contribution in [-0.4, -0.2) is 14.9 Å². The van der Waals surface area contributed by atoms with Crippen molar-refractivity contribution in [3.05, 3.63) is 86.0 Å². The number of hydrogen-bond acceptors (Lipinski definition) is 5. The second-order valence-corrected chi connectivity index (χ2v) is 8.30. The van der Waals surface area contributed by atoms with Crippen LogP contribution in [0, 0.1) is 10.1 Å². The third-order valence-electron chi connectivity index (χ3n) is 3.87. The Bertz CT molecular complexity index is 1160. The molecule has 0 aliphatic heterocycles. The van der Waals surface area contributed by atoms with Crippen molar-refractivity contribution in [1.29, 1.82) is 0 Å². The molecule has 3 aromatic rings. The van der Waals surface area contributed by atoms with Gasteiger partial charge in [0.2, 0.25) is 0 Å². The maximum Gasteiger partial charge on any atom is 0.417 e. The third-order valence-corrected chi connectivity index (χ3v) is 5.95. The maximum absolute atomic E-state index is 12.7. The molecule has 2 aromatic carbocycles. The van der Waals surface area contributed by atoms with Gasteiger partial charge in [-0.3, -0.25) is 10.1 Å². The van der Waals surface area contributed by atoms with Gasteiger partial charge in [-0.05, 0) is 36.4 Å². The lowest BCUT2D eigenvalue weighted by molar-refractivity contribution is -0.384. The third kappa shape index (κ3) is 5.85. The van der Waals surface area contributed by atoms with Crippen molar-refractivity contribution in [3.63, 3.8) is 0 Å². The summed E-state index contributed by atoms with van der Waals surface area (Å²) < 4.78 is 38.2. The molecule has 160 valence electrons. The number of thiocarbonyl (C=S) groups is 1. The zero-order valence-electron chi connectivity index (χ0n) is 15.1. The molecule has 1 N–H and O–H groups in total. The number of aromatic nitrogens is 1. The average molecular weight is 504 g/mol. The van der Waals surface area contributed by atoms with E-state index in [1.165, 1.54) is 18.2 Å². The number of pyridine rings is 1. The second kappa shape index (κ2) is 9.39. The summed E-state index contributed by atoms with van der Waals surface area (Å²) in [6, 6.07) is 11.5. The number of nitro benzene ring substituents is 1. The van der Waals surface area contributed by atoms with Gasteiger partial charge in [-0.15, -0.1) is 0 Å². The monoisotopic (exact) mass is 503 g/mol. The number of nitrogens with zero attached hydrogens (tertiary/aromatic N) is 2. The highest BCUT2D eigenvalue weighted by Crippen LogP contribution is 2.36. The van der Waals surface area contributed by atoms with Gasteiger partial charge in [-0.1, -0.05) is 47.2 Å². The van der Waals surface area contributed by atoms with E-state index in [0.29, 0.717) is 16.1 Å². The summed E-state index contributed by atoms with van der Waals surface area (Å²) in [5.41, 5.74) is -0.167. The summed E-state index contributed by atoms with van der Waals surface area (Å²) in [5, 5.41) is 14.3. The van der Waals surface area contributed by atoms with Crippen LogP contribution < -0.4 is 5.32 Å². The van der Waals surface area contributed by atoms with Gasteiger partial charge in [0.15, 0.2) is 0 Å². The second-order valence-electron chi connectivity index (χ2n) is 6.01. The predicted molar refractivity (Wildman–Crippen MR) is 118 cm³/mol. The number of nitro groups is 1. The molecular formula is C19H10Cl2F3N3O2S2. The summed E-state index contributed by atoms with van der Waals surface area (Å²) in [4.78, 5) is 15.1. The van der Waals surface area contributed by atoms with E-state index in [4.69, 9.17) is 35.4 Å². The van der Waals surface area contributed by atoms with E-state index < -0.39 is 16.7 Å². The van der Waals surface area contributed by atoms with Crippen LogP contribution in [0.3, 0.4) is 0 Å². The average Bonchev–Trinajstić information content (AvgIpc) is 2.70.